The summed E-state index contributed by atoms with van der Waals surface area (Å²) in [6.07, 6.45) is 1.52. The number of halogens is 1. The van der Waals surface area contributed by atoms with Crippen LogP contribution in [-0.4, -0.2) is 10.1 Å². The topological polar surface area (TPSA) is 46.3 Å². The van der Waals surface area contributed by atoms with Crippen molar-refractivity contribution in [3.05, 3.63) is 41.5 Å². The standard InChI is InChI=1S/C11H10FNO2S/c1-7-6-15-11(13-7)16-10-3-2-8(5-14)4-9(10)12/h2-4,6,14H,5H2,1H3. The molecule has 0 atom stereocenters. The number of hydrogen-bond acceptors (Lipinski definition) is 4. The zero-order valence-electron chi connectivity index (χ0n) is 8.61. The van der Waals surface area contributed by atoms with Crippen molar-refractivity contribution < 1.29 is 13.9 Å². The lowest BCUT2D eigenvalue weighted by molar-refractivity contribution is 0.281. The minimum Gasteiger partial charge on any atom is -0.439 e. The molecule has 2 rings (SSSR count). The molecule has 0 radical (unpaired) electrons. The SMILES string of the molecule is Cc1coc(Sc2ccc(CO)cc2F)n1. The number of aliphatic hydroxyl groups is 1. The van der Waals surface area contributed by atoms with E-state index in [0.717, 1.165) is 17.5 Å². The van der Waals surface area contributed by atoms with Crippen molar-refractivity contribution in [2.75, 3.05) is 0 Å². The van der Waals surface area contributed by atoms with Crippen LogP contribution in [0.3, 0.4) is 0 Å². The molecule has 0 aliphatic carbocycles. The average Bonchev–Trinajstić information content (AvgIpc) is 2.67. The van der Waals surface area contributed by atoms with Crippen molar-refractivity contribution in [2.24, 2.45) is 0 Å². The van der Waals surface area contributed by atoms with Gasteiger partial charge in [-0.1, -0.05) is 6.07 Å². The largest absolute Gasteiger partial charge is 0.439 e. The van der Waals surface area contributed by atoms with Crippen molar-refractivity contribution >= 4 is 11.8 Å². The molecule has 1 N–H and O–H groups in total. The lowest BCUT2D eigenvalue weighted by Gasteiger charge is -2.01. The van der Waals surface area contributed by atoms with Gasteiger partial charge in [-0.15, -0.1) is 0 Å². The third-order valence-electron chi connectivity index (χ3n) is 1.97. The van der Waals surface area contributed by atoms with Gasteiger partial charge in [0, 0.05) is 0 Å². The summed E-state index contributed by atoms with van der Waals surface area (Å²) in [5.74, 6) is -0.382. The molecule has 1 aromatic heterocycles. The van der Waals surface area contributed by atoms with Crippen LogP contribution in [-0.2, 0) is 6.61 Å². The summed E-state index contributed by atoms with van der Waals surface area (Å²) in [4.78, 5) is 4.50. The van der Waals surface area contributed by atoms with Crippen LogP contribution in [0.2, 0.25) is 0 Å². The number of benzene rings is 1. The van der Waals surface area contributed by atoms with Crippen LogP contribution >= 0.6 is 11.8 Å². The minimum absolute atomic E-state index is 0.167. The third-order valence-corrected chi connectivity index (χ3v) is 2.89. The molecule has 0 fully saturated rings. The fourth-order valence-electron chi connectivity index (χ4n) is 1.20. The minimum atomic E-state index is -0.382. The first-order chi connectivity index (χ1) is 7.69. The first-order valence-corrected chi connectivity index (χ1v) is 5.50. The molecule has 3 nitrogen and oxygen atoms in total. The molecule has 0 spiro atoms. The van der Waals surface area contributed by atoms with Crippen LogP contribution in [0.4, 0.5) is 4.39 Å². The van der Waals surface area contributed by atoms with Gasteiger partial charge in [-0.25, -0.2) is 9.37 Å². The molecular weight excluding hydrogens is 229 g/mol. The predicted octanol–water partition coefficient (Wildman–Crippen LogP) is 2.77. The van der Waals surface area contributed by atoms with Crippen molar-refractivity contribution in [1.82, 2.24) is 4.98 Å². The van der Waals surface area contributed by atoms with Gasteiger partial charge in [0.05, 0.1) is 17.2 Å². The Balaban J connectivity index is 2.21. The Morgan fingerprint density at radius 3 is 2.88 bits per heavy atom. The predicted molar refractivity (Wildman–Crippen MR) is 57.7 cm³/mol. The summed E-state index contributed by atoms with van der Waals surface area (Å²) in [6.45, 7) is 1.64. The van der Waals surface area contributed by atoms with E-state index in [9.17, 15) is 4.39 Å². The van der Waals surface area contributed by atoms with Gasteiger partial charge < -0.3 is 9.52 Å². The smallest absolute Gasteiger partial charge is 0.260 e. The summed E-state index contributed by atoms with van der Waals surface area (Å²) in [5.41, 5.74) is 1.31. The van der Waals surface area contributed by atoms with Crippen molar-refractivity contribution in [2.45, 2.75) is 23.6 Å². The molecule has 0 unspecified atom stereocenters. The summed E-state index contributed by atoms with van der Waals surface area (Å²) in [6, 6.07) is 4.57. The van der Waals surface area contributed by atoms with Crippen LogP contribution in [0.1, 0.15) is 11.3 Å². The normalized spacial score (nSPS) is 10.7. The van der Waals surface area contributed by atoms with Gasteiger partial charge >= 0.3 is 0 Å². The lowest BCUT2D eigenvalue weighted by atomic mass is 10.2. The second-order valence-electron chi connectivity index (χ2n) is 3.28. The summed E-state index contributed by atoms with van der Waals surface area (Å²) in [7, 11) is 0. The van der Waals surface area contributed by atoms with Crippen LogP contribution in [0.25, 0.3) is 0 Å². The van der Waals surface area contributed by atoms with E-state index in [1.54, 1.807) is 19.1 Å². The Kier molecular flexibility index (Phi) is 3.26. The molecule has 5 heteroatoms. The highest BCUT2D eigenvalue weighted by Crippen LogP contribution is 2.29. The van der Waals surface area contributed by atoms with Gasteiger partial charge in [-0.3, -0.25) is 0 Å². The van der Waals surface area contributed by atoms with Crippen molar-refractivity contribution in [3.8, 4) is 0 Å². The molecule has 0 saturated heterocycles. The highest BCUT2D eigenvalue weighted by molar-refractivity contribution is 7.99. The maximum Gasteiger partial charge on any atom is 0.260 e. The first-order valence-electron chi connectivity index (χ1n) is 4.68. The second-order valence-corrected chi connectivity index (χ2v) is 4.27. The molecule has 1 heterocycles. The summed E-state index contributed by atoms with van der Waals surface area (Å²) < 4.78 is 18.6. The van der Waals surface area contributed by atoms with Gasteiger partial charge in [0.15, 0.2) is 0 Å². The van der Waals surface area contributed by atoms with Crippen LogP contribution in [0.5, 0.6) is 0 Å². The number of aliphatic hydroxyl groups excluding tert-OH is 1. The quantitative estimate of drug-likeness (QED) is 0.894. The number of oxazole rings is 1. The maximum atomic E-state index is 13.5. The van der Waals surface area contributed by atoms with E-state index in [2.05, 4.69) is 4.98 Å². The number of rotatable bonds is 3. The van der Waals surface area contributed by atoms with Gasteiger partial charge in [0.1, 0.15) is 12.1 Å². The fraction of sp³-hybridized carbons (Fsp3) is 0.182. The molecule has 1 aromatic carbocycles. The third kappa shape index (κ3) is 2.43. The van der Waals surface area contributed by atoms with E-state index >= 15 is 0 Å². The van der Waals surface area contributed by atoms with Gasteiger partial charge in [0.2, 0.25) is 0 Å². The molecule has 16 heavy (non-hydrogen) atoms. The van der Waals surface area contributed by atoms with E-state index in [1.165, 1.54) is 12.3 Å². The number of aromatic nitrogens is 1. The highest BCUT2D eigenvalue weighted by atomic mass is 32.2. The maximum absolute atomic E-state index is 13.5. The van der Waals surface area contributed by atoms with Crippen LogP contribution < -0.4 is 0 Å². The second kappa shape index (κ2) is 4.67. The van der Waals surface area contributed by atoms with Gasteiger partial charge in [0.25, 0.3) is 5.22 Å². The highest BCUT2D eigenvalue weighted by Gasteiger charge is 2.08. The zero-order valence-corrected chi connectivity index (χ0v) is 9.42. The zero-order chi connectivity index (χ0) is 11.5. The van der Waals surface area contributed by atoms with Crippen molar-refractivity contribution in [3.63, 3.8) is 0 Å². The monoisotopic (exact) mass is 239 g/mol. The number of hydrogen-bond donors (Lipinski definition) is 1. The Morgan fingerprint density at radius 2 is 2.31 bits per heavy atom. The Bertz CT molecular complexity index is 498. The first kappa shape index (κ1) is 11.2. The van der Waals surface area contributed by atoms with E-state index < -0.39 is 0 Å². The lowest BCUT2D eigenvalue weighted by Crippen LogP contribution is -1.87. The summed E-state index contributed by atoms with van der Waals surface area (Å²) in [5, 5.41) is 9.25. The average molecular weight is 239 g/mol. The molecule has 0 aliphatic rings. The fourth-order valence-corrected chi connectivity index (χ4v) is 1.97. The Labute approximate surface area is 96.3 Å². The molecule has 0 saturated carbocycles. The molecule has 2 aromatic rings. The summed E-state index contributed by atoms with van der Waals surface area (Å²) >= 11 is 1.12. The molecule has 0 aliphatic heterocycles. The Hall–Kier alpha value is -1.33. The number of nitrogens with zero attached hydrogens (tertiary/aromatic N) is 1. The van der Waals surface area contributed by atoms with Gasteiger partial charge in [-0.05, 0) is 36.4 Å². The van der Waals surface area contributed by atoms with Crippen molar-refractivity contribution in [1.29, 1.82) is 0 Å². The van der Waals surface area contributed by atoms with E-state index in [1.807, 2.05) is 0 Å². The van der Waals surface area contributed by atoms with E-state index in [0.29, 0.717) is 15.7 Å². The van der Waals surface area contributed by atoms with Crippen LogP contribution in [0, 0.1) is 12.7 Å². The molecule has 84 valence electrons. The van der Waals surface area contributed by atoms with E-state index in [4.69, 9.17) is 9.52 Å². The Morgan fingerprint density at radius 1 is 1.50 bits per heavy atom. The molecule has 0 bridgehead atoms. The number of aryl methyl sites for hydroxylation is 1. The molecule has 0 amide bonds. The molecular formula is C11H10FNO2S. The van der Waals surface area contributed by atoms with Gasteiger partial charge in [-0.2, -0.15) is 0 Å². The van der Waals surface area contributed by atoms with E-state index in [-0.39, 0.29) is 12.4 Å². The van der Waals surface area contributed by atoms with Crippen LogP contribution in [0.15, 0.2) is 39.0 Å².